The van der Waals surface area contributed by atoms with Crippen LogP contribution in [-0.2, 0) is 4.43 Å². The fourth-order valence-corrected chi connectivity index (χ4v) is 3.98. The number of hydrogen-bond acceptors (Lipinski definition) is 2. The van der Waals surface area contributed by atoms with Crippen molar-refractivity contribution in [1.82, 2.24) is 0 Å². The summed E-state index contributed by atoms with van der Waals surface area (Å²) in [4.78, 5) is 11.8. The van der Waals surface area contributed by atoms with Crippen molar-refractivity contribution < 1.29 is 13.6 Å². The SMILES string of the molecule is C[Si](CC(C)(C)C)OCCC(=O)c1ccccc1F. The number of Topliss-reactive ketones (excluding diaryl/α,β-unsaturated/α-hetero) is 1. The molecule has 4 heteroatoms. The van der Waals surface area contributed by atoms with Crippen LogP contribution in [0.5, 0.6) is 0 Å². The molecule has 105 valence electrons. The van der Waals surface area contributed by atoms with E-state index in [0.29, 0.717) is 6.61 Å². The molecule has 1 rings (SSSR count). The number of hydrogen-bond donors (Lipinski definition) is 0. The number of halogens is 1. The van der Waals surface area contributed by atoms with Gasteiger partial charge >= 0.3 is 0 Å². The average molecular weight is 281 g/mol. The largest absolute Gasteiger partial charge is 0.416 e. The maximum atomic E-state index is 13.4. The van der Waals surface area contributed by atoms with Crippen LogP contribution in [0, 0.1) is 11.2 Å². The highest BCUT2D eigenvalue weighted by molar-refractivity contribution is 6.50. The van der Waals surface area contributed by atoms with Gasteiger partial charge < -0.3 is 4.43 Å². The molecule has 0 saturated carbocycles. The number of rotatable bonds is 6. The maximum absolute atomic E-state index is 13.4. The summed E-state index contributed by atoms with van der Waals surface area (Å²) in [6.45, 7) is 9.01. The van der Waals surface area contributed by atoms with Gasteiger partial charge in [0.2, 0.25) is 9.04 Å². The van der Waals surface area contributed by atoms with Crippen LogP contribution < -0.4 is 0 Å². The Hall–Kier alpha value is -1.00. The van der Waals surface area contributed by atoms with Gasteiger partial charge in [-0.3, -0.25) is 4.79 Å². The Morgan fingerprint density at radius 1 is 1.32 bits per heavy atom. The van der Waals surface area contributed by atoms with Crippen LogP contribution in [0.15, 0.2) is 24.3 Å². The fraction of sp³-hybridized carbons (Fsp3) is 0.533. The predicted octanol–water partition coefficient (Wildman–Crippen LogP) is 4.08. The van der Waals surface area contributed by atoms with E-state index in [1.165, 1.54) is 12.1 Å². The van der Waals surface area contributed by atoms with Crippen molar-refractivity contribution >= 4 is 14.8 Å². The van der Waals surface area contributed by atoms with Crippen molar-refractivity contribution in [2.75, 3.05) is 6.61 Å². The second-order valence-corrected chi connectivity index (χ2v) is 7.99. The molecule has 1 radical (unpaired) electrons. The minimum Gasteiger partial charge on any atom is -0.416 e. The van der Waals surface area contributed by atoms with Gasteiger partial charge in [0.05, 0.1) is 5.56 Å². The lowest BCUT2D eigenvalue weighted by Gasteiger charge is -2.21. The van der Waals surface area contributed by atoms with Gasteiger partial charge in [-0.05, 0) is 30.1 Å². The first kappa shape index (κ1) is 16.1. The molecule has 0 bridgehead atoms. The van der Waals surface area contributed by atoms with Crippen LogP contribution in [-0.4, -0.2) is 21.4 Å². The van der Waals surface area contributed by atoms with Crippen molar-refractivity contribution in [1.29, 1.82) is 0 Å². The molecule has 19 heavy (non-hydrogen) atoms. The lowest BCUT2D eigenvalue weighted by Crippen LogP contribution is -2.22. The molecule has 0 spiro atoms. The van der Waals surface area contributed by atoms with Gasteiger partial charge in [-0.15, -0.1) is 0 Å². The number of carbonyl (C=O) groups excluding carboxylic acids is 1. The Labute approximate surface area is 116 Å². The average Bonchev–Trinajstić information content (AvgIpc) is 2.26. The zero-order valence-corrected chi connectivity index (χ0v) is 13.1. The fourth-order valence-electron chi connectivity index (χ4n) is 1.94. The third-order valence-electron chi connectivity index (χ3n) is 2.63. The quantitative estimate of drug-likeness (QED) is 0.580. The highest BCUT2D eigenvalue weighted by Gasteiger charge is 2.18. The summed E-state index contributed by atoms with van der Waals surface area (Å²) < 4.78 is 19.1. The summed E-state index contributed by atoms with van der Waals surface area (Å²) in [5, 5.41) is 0. The van der Waals surface area contributed by atoms with E-state index in [1.54, 1.807) is 12.1 Å². The molecule has 0 aliphatic carbocycles. The standard InChI is InChI=1S/C15H22FO2Si/c1-15(2,3)11-19(4)18-10-9-14(17)12-7-5-6-8-13(12)16/h5-8H,9-11H2,1-4H3. The van der Waals surface area contributed by atoms with E-state index in [-0.39, 0.29) is 23.2 Å². The highest BCUT2D eigenvalue weighted by atomic mass is 28.3. The third-order valence-corrected chi connectivity index (χ3v) is 4.89. The summed E-state index contributed by atoms with van der Waals surface area (Å²) in [7, 11) is -0.880. The topological polar surface area (TPSA) is 26.3 Å². The first-order chi connectivity index (χ1) is 8.79. The highest BCUT2D eigenvalue weighted by Crippen LogP contribution is 2.22. The molecular formula is C15H22FO2Si. The van der Waals surface area contributed by atoms with Gasteiger partial charge in [0.25, 0.3) is 0 Å². The number of ketones is 1. The molecule has 0 aliphatic heterocycles. The van der Waals surface area contributed by atoms with Crippen molar-refractivity contribution in [2.45, 2.75) is 39.8 Å². The van der Waals surface area contributed by atoms with E-state index in [4.69, 9.17) is 4.43 Å². The van der Waals surface area contributed by atoms with E-state index in [1.807, 2.05) is 0 Å². The predicted molar refractivity (Wildman–Crippen MR) is 77.2 cm³/mol. The third kappa shape index (κ3) is 6.12. The molecule has 0 aliphatic rings. The first-order valence-electron chi connectivity index (χ1n) is 6.52. The molecule has 0 fully saturated rings. The van der Waals surface area contributed by atoms with Crippen molar-refractivity contribution in [3.63, 3.8) is 0 Å². The van der Waals surface area contributed by atoms with Crippen LogP contribution in [0.25, 0.3) is 0 Å². The smallest absolute Gasteiger partial charge is 0.208 e. The van der Waals surface area contributed by atoms with Crippen molar-refractivity contribution in [3.05, 3.63) is 35.6 Å². The zero-order chi connectivity index (χ0) is 14.5. The van der Waals surface area contributed by atoms with E-state index in [0.717, 1.165) is 6.04 Å². The number of carbonyl (C=O) groups is 1. The maximum Gasteiger partial charge on any atom is 0.208 e. The van der Waals surface area contributed by atoms with Crippen molar-refractivity contribution in [2.24, 2.45) is 5.41 Å². The van der Waals surface area contributed by atoms with E-state index in [9.17, 15) is 9.18 Å². The Kier molecular flexibility index (Phi) is 5.88. The van der Waals surface area contributed by atoms with Crippen LogP contribution >= 0.6 is 0 Å². The lowest BCUT2D eigenvalue weighted by molar-refractivity contribution is 0.0958. The second-order valence-electron chi connectivity index (χ2n) is 5.94. The first-order valence-corrected chi connectivity index (χ1v) is 8.64. The molecule has 1 aromatic rings. The molecule has 0 atom stereocenters. The van der Waals surface area contributed by atoms with Gasteiger partial charge in [-0.2, -0.15) is 0 Å². The van der Waals surface area contributed by atoms with E-state index >= 15 is 0 Å². The summed E-state index contributed by atoms with van der Waals surface area (Å²) in [6, 6.07) is 7.11. The lowest BCUT2D eigenvalue weighted by atomic mass is 10.0. The molecule has 0 N–H and O–H groups in total. The Morgan fingerprint density at radius 2 is 1.95 bits per heavy atom. The Morgan fingerprint density at radius 3 is 2.53 bits per heavy atom. The van der Waals surface area contributed by atoms with Crippen LogP contribution in [0.2, 0.25) is 12.6 Å². The second kappa shape index (κ2) is 6.96. The normalized spacial score (nSPS) is 11.9. The molecule has 0 amide bonds. The Balaban J connectivity index is 2.38. The molecule has 0 aromatic heterocycles. The molecule has 0 saturated heterocycles. The van der Waals surface area contributed by atoms with E-state index < -0.39 is 14.9 Å². The summed E-state index contributed by atoms with van der Waals surface area (Å²) >= 11 is 0. The van der Waals surface area contributed by atoms with Gasteiger partial charge in [0.15, 0.2) is 5.78 Å². The summed E-state index contributed by atoms with van der Waals surface area (Å²) in [5.74, 6) is -0.645. The zero-order valence-electron chi connectivity index (χ0n) is 12.1. The summed E-state index contributed by atoms with van der Waals surface area (Å²) in [6.07, 6.45) is 0.243. The van der Waals surface area contributed by atoms with Crippen LogP contribution in [0.3, 0.4) is 0 Å². The Bertz CT molecular complexity index is 426. The minimum atomic E-state index is -0.880. The van der Waals surface area contributed by atoms with E-state index in [2.05, 4.69) is 27.3 Å². The molecule has 1 aromatic carbocycles. The molecule has 2 nitrogen and oxygen atoms in total. The van der Waals surface area contributed by atoms with Crippen molar-refractivity contribution in [3.8, 4) is 0 Å². The summed E-state index contributed by atoms with van der Waals surface area (Å²) in [5.41, 5.74) is 0.408. The molecule has 0 unspecified atom stereocenters. The monoisotopic (exact) mass is 281 g/mol. The van der Waals surface area contributed by atoms with Crippen LogP contribution in [0.4, 0.5) is 4.39 Å². The molecule has 0 heterocycles. The number of benzene rings is 1. The van der Waals surface area contributed by atoms with Gasteiger partial charge in [0, 0.05) is 13.0 Å². The van der Waals surface area contributed by atoms with Gasteiger partial charge in [0.1, 0.15) is 5.82 Å². The van der Waals surface area contributed by atoms with Gasteiger partial charge in [-0.25, -0.2) is 4.39 Å². The van der Waals surface area contributed by atoms with Gasteiger partial charge in [-0.1, -0.05) is 32.9 Å². The van der Waals surface area contributed by atoms with Crippen LogP contribution in [0.1, 0.15) is 37.6 Å². The minimum absolute atomic E-state index is 0.159. The molecular weight excluding hydrogens is 259 g/mol.